The monoisotopic (exact) mass is 123 g/mol. The fraction of sp³-hybridized carbons (Fsp3) is 0.400. The Hall–Kier alpha value is 0.210. The smallest absolute Gasteiger partial charge is 0.303 e. The first kappa shape index (κ1) is 11.1. The molecular formula is C5H8NaO2. The number of allylic oxidation sites excluding steroid dienone is 1. The molecule has 0 aromatic carbocycles. The summed E-state index contributed by atoms with van der Waals surface area (Å²) in [6, 6.07) is 0. The van der Waals surface area contributed by atoms with Gasteiger partial charge in [0.15, 0.2) is 0 Å². The Morgan fingerprint density at radius 1 is 1.75 bits per heavy atom. The number of carbonyl (C=O) groups is 1. The van der Waals surface area contributed by atoms with E-state index in [1.54, 1.807) is 6.08 Å². The summed E-state index contributed by atoms with van der Waals surface area (Å²) in [5.74, 6) is -0.764. The third kappa shape index (κ3) is 9.51. The van der Waals surface area contributed by atoms with Crippen LogP contribution in [0.2, 0.25) is 0 Å². The van der Waals surface area contributed by atoms with Crippen molar-refractivity contribution in [2.24, 2.45) is 0 Å². The van der Waals surface area contributed by atoms with Gasteiger partial charge in [0.2, 0.25) is 0 Å². The molecule has 41 valence electrons. The van der Waals surface area contributed by atoms with Crippen LogP contribution in [0.4, 0.5) is 0 Å². The minimum Gasteiger partial charge on any atom is -0.481 e. The molecule has 0 fully saturated rings. The molecule has 1 N–H and O–H groups in total. The van der Waals surface area contributed by atoms with Crippen molar-refractivity contribution in [1.82, 2.24) is 0 Å². The molecule has 1 radical (unpaired) electrons. The van der Waals surface area contributed by atoms with E-state index in [0.717, 1.165) is 0 Å². The average molecular weight is 123 g/mol. The molecule has 0 rings (SSSR count). The third-order valence-corrected chi connectivity index (χ3v) is 0.562. The number of carboxylic acid groups (broad SMARTS) is 1. The van der Waals surface area contributed by atoms with Crippen molar-refractivity contribution in [2.75, 3.05) is 0 Å². The van der Waals surface area contributed by atoms with Gasteiger partial charge in [0.25, 0.3) is 0 Å². The molecule has 0 aromatic rings. The van der Waals surface area contributed by atoms with E-state index in [-0.39, 0.29) is 36.0 Å². The average Bonchev–Trinajstić information content (AvgIpc) is 1.61. The minimum absolute atomic E-state index is 0. The van der Waals surface area contributed by atoms with Crippen LogP contribution in [0.15, 0.2) is 12.7 Å². The predicted molar refractivity (Wildman–Crippen MR) is 32.8 cm³/mol. The molecule has 0 spiro atoms. The number of hydrogen-bond acceptors (Lipinski definition) is 1. The molecular weight excluding hydrogens is 115 g/mol. The fourth-order valence-electron chi connectivity index (χ4n) is 0.226. The Balaban J connectivity index is 0. The summed E-state index contributed by atoms with van der Waals surface area (Å²) in [6.07, 6.45) is 2.35. The van der Waals surface area contributed by atoms with Crippen LogP contribution in [-0.4, -0.2) is 40.6 Å². The van der Waals surface area contributed by atoms with Gasteiger partial charge in [-0.3, -0.25) is 4.79 Å². The first-order valence-corrected chi connectivity index (χ1v) is 2.10. The zero-order valence-electron chi connectivity index (χ0n) is 5.05. The van der Waals surface area contributed by atoms with Crippen LogP contribution in [0, 0.1) is 0 Å². The molecule has 0 heterocycles. The maximum Gasteiger partial charge on any atom is 0.303 e. The maximum absolute atomic E-state index is 9.71. The summed E-state index contributed by atoms with van der Waals surface area (Å²) in [6.45, 7) is 3.37. The summed E-state index contributed by atoms with van der Waals surface area (Å²) < 4.78 is 0. The van der Waals surface area contributed by atoms with E-state index >= 15 is 0 Å². The molecule has 0 aromatic heterocycles. The quantitative estimate of drug-likeness (QED) is 0.442. The molecule has 8 heavy (non-hydrogen) atoms. The van der Waals surface area contributed by atoms with Gasteiger partial charge in [0.1, 0.15) is 0 Å². The third-order valence-electron chi connectivity index (χ3n) is 0.562. The van der Waals surface area contributed by atoms with Crippen molar-refractivity contribution in [1.29, 1.82) is 0 Å². The Bertz CT molecular complexity index is 80.5. The van der Waals surface area contributed by atoms with Gasteiger partial charge < -0.3 is 5.11 Å². The summed E-state index contributed by atoms with van der Waals surface area (Å²) in [7, 11) is 0. The Morgan fingerprint density at radius 3 is 2.38 bits per heavy atom. The first-order chi connectivity index (χ1) is 3.27. The molecule has 0 saturated heterocycles. The summed E-state index contributed by atoms with van der Waals surface area (Å²) >= 11 is 0. The van der Waals surface area contributed by atoms with Crippen molar-refractivity contribution >= 4 is 35.5 Å². The van der Waals surface area contributed by atoms with Crippen LogP contribution in [-0.2, 0) is 4.79 Å². The maximum atomic E-state index is 9.71. The van der Waals surface area contributed by atoms with E-state index in [0.29, 0.717) is 6.42 Å². The van der Waals surface area contributed by atoms with E-state index in [1.807, 2.05) is 0 Å². The summed E-state index contributed by atoms with van der Waals surface area (Å²) in [4.78, 5) is 9.71. The zero-order valence-corrected chi connectivity index (χ0v) is 7.05. The van der Waals surface area contributed by atoms with Gasteiger partial charge in [-0.1, -0.05) is 6.08 Å². The first-order valence-electron chi connectivity index (χ1n) is 2.10. The summed E-state index contributed by atoms with van der Waals surface area (Å²) in [5.41, 5.74) is 0. The number of rotatable bonds is 3. The second-order valence-electron chi connectivity index (χ2n) is 1.22. The largest absolute Gasteiger partial charge is 0.481 e. The van der Waals surface area contributed by atoms with Crippen molar-refractivity contribution in [3.63, 3.8) is 0 Å². The predicted octanol–water partition coefficient (Wildman–Crippen LogP) is 0.656. The van der Waals surface area contributed by atoms with E-state index in [1.165, 1.54) is 0 Å². The van der Waals surface area contributed by atoms with Crippen molar-refractivity contribution in [3.05, 3.63) is 12.7 Å². The van der Waals surface area contributed by atoms with Crippen LogP contribution < -0.4 is 0 Å². The normalized spacial score (nSPS) is 7.00. The molecule has 0 unspecified atom stereocenters. The molecule has 2 nitrogen and oxygen atoms in total. The molecule has 0 bridgehead atoms. The van der Waals surface area contributed by atoms with Gasteiger partial charge >= 0.3 is 5.97 Å². The van der Waals surface area contributed by atoms with Crippen LogP contribution in [0.5, 0.6) is 0 Å². The topological polar surface area (TPSA) is 37.3 Å². The van der Waals surface area contributed by atoms with Crippen LogP contribution >= 0.6 is 0 Å². The second-order valence-corrected chi connectivity index (χ2v) is 1.22. The summed E-state index contributed by atoms with van der Waals surface area (Å²) in [5, 5.41) is 8.00. The van der Waals surface area contributed by atoms with Gasteiger partial charge in [-0.25, -0.2) is 0 Å². The fourth-order valence-corrected chi connectivity index (χ4v) is 0.226. The Morgan fingerprint density at radius 2 is 2.25 bits per heavy atom. The van der Waals surface area contributed by atoms with Gasteiger partial charge in [-0.15, -0.1) is 6.58 Å². The van der Waals surface area contributed by atoms with Gasteiger partial charge in [0, 0.05) is 36.0 Å². The van der Waals surface area contributed by atoms with Crippen molar-refractivity contribution in [2.45, 2.75) is 12.8 Å². The second kappa shape index (κ2) is 7.21. The van der Waals surface area contributed by atoms with Crippen LogP contribution in [0.3, 0.4) is 0 Å². The minimum atomic E-state index is -0.764. The van der Waals surface area contributed by atoms with Gasteiger partial charge in [0.05, 0.1) is 0 Å². The Kier molecular flexibility index (Phi) is 9.97. The number of hydrogen-bond donors (Lipinski definition) is 1. The zero-order chi connectivity index (χ0) is 5.70. The van der Waals surface area contributed by atoms with E-state index < -0.39 is 5.97 Å². The van der Waals surface area contributed by atoms with Crippen LogP contribution in [0.25, 0.3) is 0 Å². The molecule has 0 atom stereocenters. The molecule has 0 aliphatic heterocycles. The molecule has 0 saturated carbocycles. The molecule has 0 aliphatic carbocycles. The van der Waals surface area contributed by atoms with Crippen molar-refractivity contribution < 1.29 is 9.90 Å². The SMILES string of the molecule is C=CCCC(=O)O.[Na]. The number of carboxylic acids is 1. The van der Waals surface area contributed by atoms with E-state index in [9.17, 15) is 4.79 Å². The van der Waals surface area contributed by atoms with E-state index in [4.69, 9.17) is 5.11 Å². The molecule has 0 amide bonds. The van der Waals surface area contributed by atoms with Gasteiger partial charge in [-0.05, 0) is 6.42 Å². The molecule has 0 aliphatic rings. The van der Waals surface area contributed by atoms with Crippen molar-refractivity contribution in [3.8, 4) is 0 Å². The van der Waals surface area contributed by atoms with E-state index in [2.05, 4.69) is 6.58 Å². The van der Waals surface area contributed by atoms with Crippen LogP contribution in [0.1, 0.15) is 12.8 Å². The standard InChI is InChI=1S/C5H8O2.Na/c1-2-3-4-5(6)7;/h2H,1,3-4H2,(H,6,7);. The molecule has 3 heteroatoms. The van der Waals surface area contributed by atoms with Gasteiger partial charge in [-0.2, -0.15) is 0 Å². The Labute approximate surface area is 70.9 Å². The number of aliphatic carboxylic acids is 1.